The van der Waals surface area contributed by atoms with Gasteiger partial charge >= 0.3 is 12.2 Å². The van der Waals surface area contributed by atoms with E-state index in [2.05, 4.69) is 65.3 Å². The molecule has 0 aliphatic rings. The van der Waals surface area contributed by atoms with E-state index in [1.165, 1.54) is 0 Å². The highest BCUT2D eigenvalue weighted by molar-refractivity contribution is 9.09. The molecule has 14 heteroatoms. The Morgan fingerprint density at radius 1 is 0.935 bits per heavy atom. The molecule has 0 aliphatic heterocycles. The van der Waals surface area contributed by atoms with Crippen molar-refractivity contribution in [3.05, 3.63) is 27.6 Å². The third kappa shape index (κ3) is 28.8. The number of Topliss-reactive ketones (excluding diaryl/α,β-unsaturated/α-hetero) is 2. The van der Waals surface area contributed by atoms with Gasteiger partial charge in [-0.15, -0.1) is 61.7 Å². The normalized spacial score (nSPS) is 8.37. The van der Waals surface area contributed by atoms with Crippen molar-refractivity contribution in [3.63, 3.8) is 0 Å². The lowest BCUT2D eigenvalue weighted by Crippen LogP contribution is -2.09. The fourth-order valence-corrected chi connectivity index (χ4v) is 2.76. The predicted octanol–water partition coefficient (Wildman–Crippen LogP) is 3.68. The number of aromatic nitrogens is 3. The van der Waals surface area contributed by atoms with E-state index in [1.54, 1.807) is 6.07 Å². The second-order valence-corrected chi connectivity index (χ2v) is 9.14. The monoisotopic (exact) mass is 712 g/mol. The molecule has 0 spiro atoms. The van der Waals surface area contributed by atoms with E-state index in [-0.39, 0.29) is 47.6 Å². The second kappa shape index (κ2) is 31.1. The van der Waals surface area contributed by atoms with Crippen molar-refractivity contribution in [1.82, 2.24) is 15.0 Å². The zero-order valence-corrected chi connectivity index (χ0v) is 27.3. The number of nitrogens with zero attached hydrogens (tertiary/aromatic N) is 3. The molecule has 0 saturated carbocycles. The summed E-state index contributed by atoms with van der Waals surface area (Å²) in [5.41, 5.74) is 14.4. The molecule has 0 unspecified atom stereocenters. The Hall–Kier alpha value is -5.35. The van der Waals surface area contributed by atoms with Gasteiger partial charge in [-0.25, -0.2) is 0 Å². The highest BCUT2D eigenvalue weighted by Gasteiger charge is 2.06. The molecule has 0 bridgehead atoms. The molecule has 2 aromatic heterocycles. The summed E-state index contributed by atoms with van der Waals surface area (Å²) in [4.78, 5) is 63.8. The first kappa shape index (κ1) is 45.1. The number of carbonyl (C=O) groups excluding carboxylic acids is 3. The van der Waals surface area contributed by atoms with Gasteiger partial charge < -0.3 is 21.4 Å². The second-order valence-electron chi connectivity index (χ2n) is 8.16. The summed E-state index contributed by atoms with van der Waals surface area (Å²) in [6.45, 7) is 0. The molecule has 46 heavy (non-hydrogen) atoms. The third-order valence-electron chi connectivity index (χ3n) is 4.47. The molecular formula is C32H34BrClN6O6. The maximum absolute atomic E-state index is 11.5. The van der Waals surface area contributed by atoms with Crippen LogP contribution in [0.4, 0.5) is 5.95 Å². The fourth-order valence-electron chi connectivity index (χ4n) is 2.39. The van der Waals surface area contributed by atoms with Crippen molar-refractivity contribution in [2.75, 3.05) is 11.1 Å². The molecule has 0 saturated heterocycles. The molecule has 12 nitrogen and oxygen atoms in total. The van der Waals surface area contributed by atoms with Crippen LogP contribution in [0.25, 0.3) is 16.6 Å². The van der Waals surface area contributed by atoms with Gasteiger partial charge in [-0.1, -0.05) is 15.9 Å². The molecule has 0 aliphatic carbocycles. The van der Waals surface area contributed by atoms with Gasteiger partial charge in [-0.2, -0.15) is 9.77 Å². The van der Waals surface area contributed by atoms with Gasteiger partial charge in [0.1, 0.15) is 11.4 Å². The number of terminal acetylenes is 5. The van der Waals surface area contributed by atoms with E-state index in [9.17, 15) is 24.0 Å². The Morgan fingerprint density at radius 2 is 1.46 bits per heavy atom. The van der Waals surface area contributed by atoms with Gasteiger partial charge in [-0.05, 0) is 24.1 Å². The number of nitrogens with two attached hydrogens (primary N) is 1. The van der Waals surface area contributed by atoms with Crippen molar-refractivity contribution < 1.29 is 29.1 Å². The number of anilines is 1. The largest absolute Gasteiger partial charge is 0.481 e. The Labute approximate surface area is 281 Å². The van der Waals surface area contributed by atoms with E-state index in [1.807, 2.05) is 0 Å². The minimum absolute atomic E-state index is 0.0799. The highest BCUT2D eigenvalue weighted by atomic mass is 79.9. The van der Waals surface area contributed by atoms with E-state index in [4.69, 9.17) is 60.1 Å². The number of carboxylic acids is 1. The Balaban J connectivity index is -0.000000526. The maximum Gasteiger partial charge on any atom is 0.323 e. The molecule has 2 heterocycles. The SMILES string of the molecule is C#CCCC(=O)C=[N+]=[N-].C#CCCC(=O)CBr.C#CCCC(=O)Cl.C#CCCC(=O)O.C#CCCc1cc2c(=O)[nH]c(N)nc2[nH]1. The standard InChI is InChI=1S/C10H10N4O.C6H7BrO.C6H6N2O.C5H5ClO.C5H6O2/c1-2-3-4-6-5-7-8(12-6)13-10(11)14-9(7)15;1-2-3-4-6(8)5-7;1-2-3-4-6(9)5-8-7;2*1-2-3-4-5(6)7/h1,5H,3-4H2,(H4,11,12,13,14,15);1H,3-5H2;1,5H,3-4H2;1H,3-4H2;1H,3-4H2,(H,6,7). The maximum atomic E-state index is 11.5. The topological polar surface area (TPSA) is 212 Å². The van der Waals surface area contributed by atoms with Gasteiger partial charge in [0, 0.05) is 57.1 Å². The minimum atomic E-state index is -0.835. The van der Waals surface area contributed by atoms with E-state index >= 15 is 0 Å². The van der Waals surface area contributed by atoms with Gasteiger partial charge in [0.2, 0.25) is 17.0 Å². The van der Waals surface area contributed by atoms with Crippen molar-refractivity contribution in [2.24, 2.45) is 0 Å². The summed E-state index contributed by atoms with van der Waals surface area (Å²) in [6.07, 6.45) is 29.5. The molecule has 0 aromatic carbocycles. The third-order valence-corrected chi connectivity index (χ3v) is 5.29. The number of aromatic amines is 2. The van der Waals surface area contributed by atoms with Gasteiger partial charge in [0.05, 0.1) is 17.1 Å². The zero-order valence-electron chi connectivity index (χ0n) is 25.0. The number of aliphatic carboxylic acids is 1. The van der Waals surface area contributed by atoms with Crippen molar-refractivity contribution in [2.45, 2.75) is 64.2 Å². The minimum Gasteiger partial charge on any atom is -0.481 e. The number of nitrogen functional groups attached to an aromatic ring is 1. The summed E-state index contributed by atoms with van der Waals surface area (Å²) >= 11 is 7.95. The summed E-state index contributed by atoms with van der Waals surface area (Å²) in [7, 11) is 0. The molecule has 242 valence electrons. The number of alkyl halides is 1. The summed E-state index contributed by atoms with van der Waals surface area (Å²) in [5, 5.41) is 8.52. The number of hydrogen-bond donors (Lipinski definition) is 4. The van der Waals surface area contributed by atoms with Gasteiger partial charge in [-0.3, -0.25) is 29.0 Å². The molecule has 0 radical (unpaired) electrons. The van der Waals surface area contributed by atoms with Crippen LogP contribution in [0.15, 0.2) is 10.9 Å². The Morgan fingerprint density at radius 3 is 1.89 bits per heavy atom. The average Bonchev–Trinajstić information content (AvgIpc) is 3.44. The van der Waals surface area contributed by atoms with Crippen LogP contribution in [-0.2, 0) is 25.6 Å². The lowest BCUT2D eigenvalue weighted by Gasteiger charge is -1.91. The number of halogens is 2. The van der Waals surface area contributed by atoms with E-state index in [0.29, 0.717) is 61.3 Å². The van der Waals surface area contributed by atoms with Crippen LogP contribution >= 0.6 is 27.5 Å². The number of fused-ring (bicyclic) bond motifs is 1. The average molecular weight is 714 g/mol. The molecule has 0 atom stereocenters. The van der Waals surface area contributed by atoms with Crippen LogP contribution in [-0.4, -0.2) is 59.2 Å². The lowest BCUT2D eigenvalue weighted by atomic mass is 10.2. The van der Waals surface area contributed by atoms with Crippen molar-refractivity contribution in [3.8, 4) is 61.7 Å². The van der Waals surface area contributed by atoms with Crippen LogP contribution in [0.1, 0.15) is 63.5 Å². The van der Waals surface area contributed by atoms with Crippen LogP contribution in [0.5, 0.6) is 0 Å². The number of aryl methyl sites for hydroxylation is 1. The fraction of sp³-hybridized carbons (Fsp3) is 0.344. The molecule has 5 N–H and O–H groups in total. The first-order valence-corrected chi connectivity index (χ1v) is 14.6. The van der Waals surface area contributed by atoms with Crippen molar-refractivity contribution >= 4 is 73.5 Å². The Bertz CT molecular complexity index is 1560. The smallest absolute Gasteiger partial charge is 0.323 e. The van der Waals surface area contributed by atoms with Crippen molar-refractivity contribution in [1.29, 1.82) is 0 Å². The summed E-state index contributed by atoms with van der Waals surface area (Å²) < 4.78 is 0. The van der Waals surface area contributed by atoms with E-state index in [0.717, 1.165) is 11.9 Å². The molecule has 2 aromatic rings. The zero-order chi connectivity index (χ0) is 35.8. The number of H-pyrrole nitrogens is 2. The van der Waals surface area contributed by atoms with Crippen LogP contribution in [0.2, 0.25) is 0 Å². The number of carbonyl (C=O) groups is 4. The number of hydrogen-bond acceptors (Lipinski definition) is 7. The molecule has 0 amide bonds. The number of rotatable bonds is 12. The number of ketones is 2. The first-order valence-electron chi connectivity index (χ1n) is 13.1. The predicted molar refractivity (Wildman–Crippen MR) is 183 cm³/mol. The van der Waals surface area contributed by atoms with Crippen LogP contribution < -0.4 is 11.3 Å². The van der Waals surface area contributed by atoms with Gasteiger partial charge in [0.15, 0.2) is 0 Å². The molecular weight excluding hydrogens is 680 g/mol. The molecule has 0 fully saturated rings. The van der Waals surface area contributed by atoms with Crippen LogP contribution in [0.3, 0.4) is 0 Å². The van der Waals surface area contributed by atoms with Crippen LogP contribution in [0, 0.1) is 61.7 Å². The first-order chi connectivity index (χ1) is 21.9. The summed E-state index contributed by atoms with van der Waals surface area (Å²) in [6, 6.07) is 1.75. The summed E-state index contributed by atoms with van der Waals surface area (Å²) in [5.74, 6) is 10.9. The number of nitrogens with one attached hydrogen (secondary N) is 2. The Kier molecular flexibility index (Phi) is 30.5. The van der Waals surface area contributed by atoms with Gasteiger partial charge in [0.25, 0.3) is 5.56 Å². The van der Waals surface area contributed by atoms with E-state index < -0.39 is 5.97 Å². The molecule has 2 rings (SSSR count). The lowest BCUT2D eigenvalue weighted by molar-refractivity contribution is -0.136. The quantitative estimate of drug-likeness (QED) is 0.0635. The highest BCUT2D eigenvalue weighted by Crippen LogP contribution is 2.10. The number of carboxylic acid groups (broad SMARTS) is 1.